The summed E-state index contributed by atoms with van der Waals surface area (Å²) in [4.78, 5) is 4.07. The number of aromatic nitrogens is 1. The van der Waals surface area contributed by atoms with E-state index in [1.54, 1.807) is 18.5 Å². The lowest BCUT2D eigenvalue weighted by atomic mass is 10.2. The second-order valence-electron chi connectivity index (χ2n) is 4.53. The zero-order valence-corrected chi connectivity index (χ0v) is 12.6. The van der Waals surface area contributed by atoms with Crippen LogP contribution in [0.3, 0.4) is 0 Å². The highest BCUT2D eigenvalue weighted by Gasteiger charge is 2.15. The van der Waals surface area contributed by atoms with E-state index in [-0.39, 0.29) is 17.1 Å². The number of sulfonamides is 1. The molecule has 112 valence electrons. The quantitative estimate of drug-likeness (QED) is 0.816. The van der Waals surface area contributed by atoms with Crippen molar-refractivity contribution in [3.05, 3.63) is 47.8 Å². The SMILES string of the molecule is COc1ccc(S(=O)(=O)NCc2ccncc2C)cc1N. The van der Waals surface area contributed by atoms with Crippen molar-refractivity contribution in [1.29, 1.82) is 0 Å². The lowest BCUT2D eigenvalue weighted by Gasteiger charge is -2.10. The zero-order valence-electron chi connectivity index (χ0n) is 11.8. The number of benzene rings is 1. The molecule has 0 unspecified atom stereocenters. The summed E-state index contributed by atoms with van der Waals surface area (Å²) in [5.74, 6) is 0.443. The minimum atomic E-state index is -3.63. The van der Waals surface area contributed by atoms with E-state index in [1.807, 2.05) is 6.92 Å². The van der Waals surface area contributed by atoms with Crippen LogP contribution in [0, 0.1) is 6.92 Å². The molecule has 1 heterocycles. The second-order valence-corrected chi connectivity index (χ2v) is 6.30. The van der Waals surface area contributed by atoms with Crippen molar-refractivity contribution < 1.29 is 13.2 Å². The van der Waals surface area contributed by atoms with Crippen molar-refractivity contribution in [3.63, 3.8) is 0 Å². The maximum Gasteiger partial charge on any atom is 0.240 e. The molecule has 1 aromatic heterocycles. The largest absolute Gasteiger partial charge is 0.495 e. The lowest BCUT2D eigenvalue weighted by molar-refractivity contribution is 0.416. The average Bonchev–Trinajstić information content (AvgIpc) is 2.46. The number of nitrogens with two attached hydrogens (primary N) is 1. The van der Waals surface area contributed by atoms with E-state index in [2.05, 4.69) is 9.71 Å². The van der Waals surface area contributed by atoms with Crippen LogP contribution in [-0.4, -0.2) is 20.5 Å². The van der Waals surface area contributed by atoms with Crippen LogP contribution in [0.25, 0.3) is 0 Å². The summed E-state index contributed by atoms with van der Waals surface area (Å²) in [6.45, 7) is 2.07. The Morgan fingerprint density at radius 1 is 1.33 bits per heavy atom. The normalized spacial score (nSPS) is 11.3. The first-order valence-corrected chi connectivity index (χ1v) is 7.75. The molecule has 1 aromatic carbocycles. The fourth-order valence-corrected chi connectivity index (χ4v) is 2.88. The van der Waals surface area contributed by atoms with Gasteiger partial charge in [0.15, 0.2) is 0 Å². The van der Waals surface area contributed by atoms with E-state index in [0.717, 1.165) is 11.1 Å². The van der Waals surface area contributed by atoms with E-state index >= 15 is 0 Å². The number of nitrogens with zero attached hydrogens (tertiary/aromatic N) is 1. The summed E-state index contributed by atoms with van der Waals surface area (Å²) in [5, 5.41) is 0. The number of methoxy groups -OCH3 is 1. The molecule has 0 aliphatic carbocycles. The average molecular weight is 307 g/mol. The van der Waals surface area contributed by atoms with Crippen LogP contribution in [0.5, 0.6) is 5.75 Å². The smallest absolute Gasteiger partial charge is 0.240 e. The third-order valence-corrected chi connectivity index (χ3v) is 4.50. The third-order valence-electron chi connectivity index (χ3n) is 3.10. The maximum absolute atomic E-state index is 12.2. The van der Waals surface area contributed by atoms with E-state index < -0.39 is 10.0 Å². The molecule has 21 heavy (non-hydrogen) atoms. The molecule has 2 aromatic rings. The van der Waals surface area contributed by atoms with Gasteiger partial charge in [-0.15, -0.1) is 0 Å². The van der Waals surface area contributed by atoms with Gasteiger partial charge in [-0.2, -0.15) is 0 Å². The molecule has 0 fully saturated rings. The number of hydrogen-bond acceptors (Lipinski definition) is 5. The third kappa shape index (κ3) is 3.50. The van der Waals surface area contributed by atoms with Gasteiger partial charge < -0.3 is 10.5 Å². The number of aryl methyl sites for hydroxylation is 1. The van der Waals surface area contributed by atoms with Crippen molar-refractivity contribution in [2.45, 2.75) is 18.4 Å². The van der Waals surface area contributed by atoms with Gasteiger partial charge in [0.1, 0.15) is 5.75 Å². The summed E-state index contributed by atoms with van der Waals surface area (Å²) >= 11 is 0. The first-order valence-electron chi connectivity index (χ1n) is 6.26. The van der Waals surface area contributed by atoms with Crippen molar-refractivity contribution >= 4 is 15.7 Å². The summed E-state index contributed by atoms with van der Waals surface area (Å²) < 4.78 is 32.0. The minimum Gasteiger partial charge on any atom is -0.495 e. The standard InChI is InChI=1S/C14H17N3O3S/c1-10-8-16-6-5-11(10)9-17-21(18,19)12-3-4-14(20-2)13(15)7-12/h3-8,17H,9,15H2,1-2H3. The molecule has 3 N–H and O–H groups in total. The number of hydrogen-bond donors (Lipinski definition) is 2. The van der Waals surface area contributed by atoms with Crippen LogP contribution in [0.2, 0.25) is 0 Å². The molecular weight excluding hydrogens is 290 g/mol. The Balaban J connectivity index is 2.19. The first-order chi connectivity index (χ1) is 9.94. The van der Waals surface area contributed by atoms with E-state index in [4.69, 9.17) is 10.5 Å². The highest BCUT2D eigenvalue weighted by Crippen LogP contribution is 2.24. The Kier molecular flexibility index (Phi) is 4.44. The van der Waals surface area contributed by atoms with Gasteiger partial charge in [0.25, 0.3) is 0 Å². The molecule has 2 rings (SSSR count). The number of anilines is 1. The molecule has 0 atom stereocenters. The minimum absolute atomic E-state index is 0.104. The molecule has 0 aliphatic heterocycles. The van der Waals surface area contributed by atoms with Crippen molar-refractivity contribution in [1.82, 2.24) is 9.71 Å². The summed E-state index contributed by atoms with van der Waals surface area (Å²) in [6, 6.07) is 6.14. The van der Waals surface area contributed by atoms with Crippen LogP contribution in [0.15, 0.2) is 41.6 Å². The number of nitrogens with one attached hydrogen (secondary N) is 1. The predicted molar refractivity (Wildman–Crippen MR) is 80.4 cm³/mol. The molecule has 0 saturated heterocycles. The molecule has 0 bridgehead atoms. The maximum atomic E-state index is 12.2. The number of pyridine rings is 1. The number of nitrogen functional groups attached to an aromatic ring is 1. The molecule has 0 spiro atoms. The Labute approximate surface area is 124 Å². The molecule has 0 aliphatic rings. The fraction of sp³-hybridized carbons (Fsp3) is 0.214. The van der Waals surface area contributed by atoms with E-state index in [9.17, 15) is 8.42 Å². The Hall–Kier alpha value is -2.12. The molecule has 7 heteroatoms. The van der Waals surface area contributed by atoms with Crippen LogP contribution in [0.1, 0.15) is 11.1 Å². The lowest BCUT2D eigenvalue weighted by Crippen LogP contribution is -2.23. The van der Waals surface area contributed by atoms with Crippen molar-refractivity contribution in [3.8, 4) is 5.75 Å². The number of rotatable bonds is 5. The topological polar surface area (TPSA) is 94.3 Å². The summed E-state index contributed by atoms with van der Waals surface area (Å²) in [7, 11) is -2.15. The molecular formula is C14H17N3O3S. The summed E-state index contributed by atoms with van der Waals surface area (Å²) in [5.41, 5.74) is 7.81. The Morgan fingerprint density at radius 2 is 2.10 bits per heavy atom. The van der Waals surface area contributed by atoms with Gasteiger partial charge in [0.05, 0.1) is 17.7 Å². The molecule has 0 radical (unpaired) electrons. The number of ether oxygens (including phenoxy) is 1. The van der Waals surface area contributed by atoms with Crippen LogP contribution >= 0.6 is 0 Å². The van der Waals surface area contributed by atoms with Gasteiger partial charge in [-0.25, -0.2) is 13.1 Å². The summed E-state index contributed by atoms with van der Waals surface area (Å²) in [6.07, 6.45) is 3.32. The molecule has 0 saturated carbocycles. The fourth-order valence-electron chi connectivity index (χ4n) is 1.84. The second kappa shape index (κ2) is 6.11. The first kappa shape index (κ1) is 15.3. The van der Waals surface area contributed by atoms with Gasteiger partial charge in [-0.3, -0.25) is 4.98 Å². The highest BCUT2D eigenvalue weighted by atomic mass is 32.2. The van der Waals surface area contributed by atoms with E-state index in [1.165, 1.54) is 25.3 Å². The van der Waals surface area contributed by atoms with Crippen molar-refractivity contribution in [2.24, 2.45) is 0 Å². The monoisotopic (exact) mass is 307 g/mol. The van der Waals surface area contributed by atoms with Crippen molar-refractivity contribution in [2.75, 3.05) is 12.8 Å². The van der Waals surface area contributed by atoms with Gasteiger partial charge in [-0.1, -0.05) is 0 Å². The van der Waals surface area contributed by atoms with Gasteiger partial charge >= 0.3 is 0 Å². The van der Waals surface area contributed by atoms with Crippen LogP contribution in [-0.2, 0) is 16.6 Å². The van der Waals surface area contributed by atoms with Crippen LogP contribution < -0.4 is 15.2 Å². The van der Waals surface area contributed by atoms with Crippen LogP contribution in [0.4, 0.5) is 5.69 Å². The Bertz CT molecular complexity index is 745. The molecule has 0 amide bonds. The predicted octanol–water partition coefficient (Wildman–Crippen LogP) is 1.46. The Morgan fingerprint density at radius 3 is 2.71 bits per heavy atom. The van der Waals surface area contributed by atoms with Gasteiger partial charge in [0, 0.05) is 18.9 Å². The van der Waals surface area contributed by atoms with Gasteiger partial charge in [0.2, 0.25) is 10.0 Å². The zero-order chi connectivity index (χ0) is 15.5. The van der Waals surface area contributed by atoms with Gasteiger partial charge in [-0.05, 0) is 42.3 Å². The highest BCUT2D eigenvalue weighted by molar-refractivity contribution is 7.89. The molecule has 6 nitrogen and oxygen atoms in total. The van der Waals surface area contributed by atoms with E-state index in [0.29, 0.717) is 5.75 Å².